The maximum Gasteiger partial charge on any atom is 0.191 e. The molecular weight excluding hydrogens is 345 g/mol. The van der Waals surface area contributed by atoms with Gasteiger partial charge in [0.25, 0.3) is 0 Å². The predicted octanol–water partition coefficient (Wildman–Crippen LogP) is 3.16. The number of rotatable bonds is 6. The van der Waals surface area contributed by atoms with Crippen molar-refractivity contribution in [1.29, 1.82) is 0 Å². The highest BCUT2D eigenvalue weighted by Crippen LogP contribution is 2.29. The lowest BCUT2D eigenvalue weighted by atomic mass is 10.1. The number of fused-ring (bicyclic) bond motifs is 1. The Labute approximate surface area is 159 Å². The highest BCUT2D eigenvalue weighted by atomic mass is 19.1. The monoisotopic (exact) mass is 371 g/mol. The van der Waals surface area contributed by atoms with E-state index in [1.165, 1.54) is 23.3 Å². The van der Waals surface area contributed by atoms with Gasteiger partial charge in [0, 0.05) is 25.7 Å². The van der Waals surface area contributed by atoms with Crippen LogP contribution in [0.3, 0.4) is 0 Å². The minimum atomic E-state index is -0.267. The number of guanidine groups is 1. The Morgan fingerprint density at radius 2 is 1.96 bits per heavy atom. The molecule has 5 nitrogen and oxygen atoms in total. The lowest BCUT2D eigenvalue weighted by Gasteiger charge is -2.21. The molecule has 0 radical (unpaired) electrons. The van der Waals surface area contributed by atoms with Gasteiger partial charge in [-0.25, -0.2) is 4.39 Å². The molecule has 0 fully saturated rings. The molecular formula is C21H26FN3O2. The Morgan fingerprint density at radius 3 is 2.74 bits per heavy atom. The first kappa shape index (κ1) is 19.2. The van der Waals surface area contributed by atoms with Crippen LogP contribution >= 0.6 is 0 Å². The second-order valence-corrected chi connectivity index (χ2v) is 6.39. The number of aryl methyl sites for hydroxylation is 1. The second-order valence-electron chi connectivity index (χ2n) is 6.39. The van der Waals surface area contributed by atoms with Crippen molar-refractivity contribution in [2.45, 2.75) is 32.9 Å². The van der Waals surface area contributed by atoms with Crippen LogP contribution in [0.4, 0.5) is 4.39 Å². The smallest absolute Gasteiger partial charge is 0.191 e. The summed E-state index contributed by atoms with van der Waals surface area (Å²) in [5.41, 5.74) is 4.18. The molecule has 2 N–H and O–H groups in total. The third kappa shape index (κ3) is 4.98. The first-order valence-corrected chi connectivity index (χ1v) is 9.24. The number of ether oxygens (including phenoxy) is 2. The molecule has 0 saturated carbocycles. The molecule has 27 heavy (non-hydrogen) atoms. The van der Waals surface area contributed by atoms with Crippen LogP contribution in [0.25, 0.3) is 0 Å². The molecule has 3 rings (SSSR count). The van der Waals surface area contributed by atoms with Crippen molar-refractivity contribution >= 4 is 5.96 Å². The predicted molar refractivity (Wildman–Crippen MR) is 104 cm³/mol. The van der Waals surface area contributed by atoms with E-state index in [0.29, 0.717) is 26.1 Å². The van der Waals surface area contributed by atoms with Crippen LogP contribution in [0.1, 0.15) is 29.2 Å². The van der Waals surface area contributed by atoms with E-state index in [1.807, 2.05) is 6.07 Å². The van der Waals surface area contributed by atoms with Crippen molar-refractivity contribution in [2.75, 3.05) is 20.4 Å². The summed E-state index contributed by atoms with van der Waals surface area (Å²) in [7, 11) is 1.74. The number of nitrogens with zero attached hydrogens (tertiary/aromatic N) is 1. The first-order chi connectivity index (χ1) is 13.2. The van der Waals surface area contributed by atoms with E-state index in [9.17, 15) is 4.39 Å². The first-order valence-electron chi connectivity index (χ1n) is 9.24. The molecule has 0 atom stereocenters. The molecule has 6 heteroatoms. The van der Waals surface area contributed by atoms with Crippen LogP contribution in [-0.2, 0) is 30.7 Å². The van der Waals surface area contributed by atoms with E-state index in [4.69, 9.17) is 9.47 Å². The molecule has 2 aromatic carbocycles. The number of aliphatic imine (C=N–C) groups is 1. The Balaban J connectivity index is 1.55. The van der Waals surface area contributed by atoms with Crippen LogP contribution in [-0.4, -0.2) is 26.3 Å². The average Bonchev–Trinajstić information content (AvgIpc) is 2.70. The van der Waals surface area contributed by atoms with Gasteiger partial charge in [-0.1, -0.05) is 31.2 Å². The standard InChI is InChI=1S/C21H26FN3O2/c1-3-15-6-4-5-7-17(15)12-25-21(23-2)24-9-8-16-10-19(22)11-18-13-26-14-27-20(16)18/h4-7,10-11H,3,8-9,12-14H2,1-2H3,(H2,23,24,25). The van der Waals surface area contributed by atoms with Gasteiger partial charge in [-0.3, -0.25) is 4.99 Å². The molecule has 0 aromatic heterocycles. The summed E-state index contributed by atoms with van der Waals surface area (Å²) in [4.78, 5) is 4.26. The fraction of sp³-hybridized carbons (Fsp3) is 0.381. The molecule has 0 saturated heterocycles. The minimum Gasteiger partial charge on any atom is -0.467 e. The Hall–Kier alpha value is -2.60. The van der Waals surface area contributed by atoms with Crippen LogP contribution in [0.5, 0.6) is 5.75 Å². The summed E-state index contributed by atoms with van der Waals surface area (Å²) >= 11 is 0. The zero-order valence-electron chi connectivity index (χ0n) is 15.8. The zero-order chi connectivity index (χ0) is 19.1. The van der Waals surface area contributed by atoms with E-state index < -0.39 is 0 Å². The SMILES string of the molecule is CCc1ccccc1CNC(=NC)NCCc1cc(F)cc2c1OCOC2. The van der Waals surface area contributed by atoms with Gasteiger partial charge in [-0.15, -0.1) is 0 Å². The minimum absolute atomic E-state index is 0.207. The summed E-state index contributed by atoms with van der Waals surface area (Å²) in [6, 6.07) is 11.4. The van der Waals surface area contributed by atoms with Gasteiger partial charge in [0.1, 0.15) is 11.6 Å². The third-order valence-electron chi connectivity index (χ3n) is 4.61. The highest BCUT2D eigenvalue weighted by Gasteiger charge is 2.16. The topological polar surface area (TPSA) is 54.9 Å². The Morgan fingerprint density at radius 1 is 1.15 bits per heavy atom. The Kier molecular flexibility index (Phi) is 6.65. The number of halogens is 1. The van der Waals surface area contributed by atoms with Crippen molar-refractivity contribution in [3.8, 4) is 5.75 Å². The maximum atomic E-state index is 13.8. The van der Waals surface area contributed by atoms with Crippen molar-refractivity contribution in [2.24, 2.45) is 4.99 Å². The van der Waals surface area contributed by atoms with Gasteiger partial charge >= 0.3 is 0 Å². The Bertz CT molecular complexity index is 808. The van der Waals surface area contributed by atoms with Crippen LogP contribution in [0, 0.1) is 5.82 Å². The van der Waals surface area contributed by atoms with Crippen molar-refractivity contribution < 1.29 is 13.9 Å². The van der Waals surface area contributed by atoms with E-state index in [-0.39, 0.29) is 12.6 Å². The molecule has 0 spiro atoms. The normalized spacial score (nSPS) is 13.7. The molecule has 0 unspecified atom stereocenters. The highest BCUT2D eigenvalue weighted by molar-refractivity contribution is 5.79. The van der Waals surface area contributed by atoms with Gasteiger partial charge in [-0.05, 0) is 41.7 Å². The number of hydrogen-bond donors (Lipinski definition) is 2. The van der Waals surface area contributed by atoms with E-state index in [1.54, 1.807) is 7.05 Å². The largest absolute Gasteiger partial charge is 0.467 e. The second kappa shape index (κ2) is 9.37. The molecule has 2 aromatic rings. The number of nitrogens with one attached hydrogen (secondary N) is 2. The van der Waals surface area contributed by atoms with Crippen LogP contribution in [0.2, 0.25) is 0 Å². The molecule has 0 bridgehead atoms. The maximum absolute atomic E-state index is 13.8. The van der Waals surface area contributed by atoms with Gasteiger partial charge in [-0.2, -0.15) is 0 Å². The van der Waals surface area contributed by atoms with E-state index in [2.05, 4.69) is 40.7 Å². The number of benzene rings is 2. The summed E-state index contributed by atoms with van der Waals surface area (Å²) in [5, 5.41) is 6.62. The van der Waals surface area contributed by atoms with Crippen molar-refractivity contribution in [3.05, 3.63) is 64.5 Å². The molecule has 1 aliphatic rings. The average molecular weight is 371 g/mol. The van der Waals surface area contributed by atoms with E-state index >= 15 is 0 Å². The summed E-state index contributed by atoms with van der Waals surface area (Å²) in [6.45, 7) is 4.07. The fourth-order valence-corrected chi connectivity index (χ4v) is 3.23. The van der Waals surface area contributed by atoms with Gasteiger partial charge in [0.15, 0.2) is 12.8 Å². The lowest BCUT2D eigenvalue weighted by molar-refractivity contribution is -0.0172. The number of hydrogen-bond acceptors (Lipinski definition) is 3. The van der Waals surface area contributed by atoms with Gasteiger partial charge < -0.3 is 20.1 Å². The molecule has 0 aliphatic carbocycles. The van der Waals surface area contributed by atoms with Gasteiger partial charge in [0.2, 0.25) is 0 Å². The summed E-state index contributed by atoms with van der Waals surface area (Å²) in [6.07, 6.45) is 1.63. The van der Waals surface area contributed by atoms with Crippen molar-refractivity contribution in [3.63, 3.8) is 0 Å². The zero-order valence-corrected chi connectivity index (χ0v) is 15.8. The third-order valence-corrected chi connectivity index (χ3v) is 4.61. The molecule has 144 valence electrons. The summed E-state index contributed by atoms with van der Waals surface area (Å²) in [5.74, 6) is 1.19. The van der Waals surface area contributed by atoms with Crippen LogP contribution < -0.4 is 15.4 Å². The van der Waals surface area contributed by atoms with Crippen LogP contribution in [0.15, 0.2) is 41.4 Å². The molecule has 1 heterocycles. The quantitative estimate of drug-likeness (QED) is 0.605. The molecule has 0 amide bonds. The van der Waals surface area contributed by atoms with Gasteiger partial charge in [0.05, 0.1) is 6.61 Å². The molecule has 1 aliphatic heterocycles. The lowest BCUT2D eigenvalue weighted by Crippen LogP contribution is -2.38. The summed E-state index contributed by atoms with van der Waals surface area (Å²) < 4.78 is 24.6. The van der Waals surface area contributed by atoms with E-state index in [0.717, 1.165) is 29.3 Å². The van der Waals surface area contributed by atoms with Crippen molar-refractivity contribution in [1.82, 2.24) is 10.6 Å². The fourth-order valence-electron chi connectivity index (χ4n) is 3.23.